The zero-order valence-electron chi connectivity index (χ0n) is 14.2. The minimum Gasteiger partial charge on any atom is -0.466 e. The van der Waals surface area contributed by atoms with Crippen molar-refractivity contribution in [3.63, 3.8) is 0 Å². The number of hydrogen-bond acceptors (Lipinski definition) is 3. The summed E-state index contributed by atoms with van der Waals surface area (Å²) < 4.78 is 5.20. The summed E-state index contributed by atoms with van der Waals surface area (Å²) in [5.41, 5.74) is 1.02. The van der Waals surface area contributed by atoms with E-state index in [1.165, 1.54) is 18.4 Å². The number of piperidine rings is 1. The summed E-state index contributed by atoms with van der Waals surface area (Å²) in [5.74, 6) is 0.577. The van der Waals surface area contributed by atoms with Crippen LogP contribution in [0.2, 0.25) is 0 Å². The van der Waals surface area contributed by atoms with E-state index in [1.807, 2.05) is 20.8 Å². The molecule has 0 radical (unpaired) electrons. The van der Waals surface area contributed by atoms with Gasteiger partial charge in [0.2, 0.25) is 0 Å². The Morgan fingerprint density at radius 2 is 1.86 bits per heavy atom. The molecule has 1 fully saturated rings. The van der Waals surface area contributed by atoms with E-state index in [2.05, 4.69) is 35.2 Å². The molecule has 0 amide bonds. The van der Waals surface area contributed by atoms with Gasteiger partial charge in [-0.2, -0.15) is 0 Å². The zero-order chi connectivity index (χ0) is 16.0. The molecule has 3 nitrogen and oxygen atoms in total. The second-order valence-electron chi connectivity index (χ2n) is 7.01. The maximum absolute atomic E-state index is 12.0. The number of carbonyl (C=O) groups excluding carboxylic acids is 1. The molecule has 0 spiro atoms. The first kappa shape index (κ1) is 17.0. The molecule has 1 heterocycles. The minimum absolute atomic E-state index is 0.0540. The van der Waals surface area contributed by atoms with Gasteiger partial charge in [-0.15, -0.1) is 0 Å². The number of rotatable bonds is 6. The lowest BCUT2D eigenvalue weighted by atomic mass is 9.79. The summed E-state index contributed by atoms with van der Waals surface area (Å²) in [4.78, 5) is 14.5. The van der Waals surface area contributed by atoms with Crippen LogP contribution in [0.4, 0.5) is 0 Å². The minimum atomic E-state index is -0.359. The van der Waals surface area contributed by atoms with Gasteiger partial charge in [0, 0.05) is 6.54 Å². The van der Waals surface area contributed by atoms with Gasteiger partial charge in [-0.3, -0.25) is 9.69 Å². The van der Waals surface area contributed by atoms with Gasteiger partial charge in [-0.1, -0.05) is 30.3 Å². The Hall–Kier alpha value is -1.35. The van der Waals surface area contributed by atoms with Crippen LogP contribution < -0.4 is 0 Å². The molecule has 1 aromatic carbocycles. The van der Waals surface area contributed by atoms with Crippen molar-refractivity contribution in [1.82, 2.24) is 4.90 Å². The molecule has 1 aromatic rings. The highest BCUT2D eigenvalue weighted by Gasteiger charge is 2.33. The van der Waals surface area contributed by atoms with E-state index in [4.69, 9.17) is 4.74 Å². The summed E-state index contributed by atoms with van der Waals surface area (Å²) in [6.07, 6.45) is 3.29. The molecule has 122 valence electrons. The van der Waals surface area contributed by atoms with Crippen LogP contribution >= 0.6 is 0 Å². The van der Waals surface area contributed by atoms with E-state index in [1.54, 1.807) is 0 Å². The molecule has 0 aliphatic carbocycles. The van der Waals surface area contributed by atoms with Crippen molar-refractivity contribution in [2.75, 3.05) is 19.7 Å². The fourth-order valence-electron chi connectivity index (χ4n) is 3.32. The topological polar surface area (TPSA) is 29.5 Å². The normalized spacial score (nSPS) is 17.4. The lowest BCUT2D eigenvalue weighted by molar-refractivity contribution is -0.154. The molecule has 0 bridgehead atoms. The maximum atomic E-state index is 12.0. The van der Waals surface area contributed by atoms with E-state index in [9.17, 15) is 4.79 Å². The lowest BCUT2D eigenvalue weighted by Crippen LogP contribution is -2.36. The quantitative estimate of drug-likeness (QED) is 0.747. The second-order valence-corrected chi connectivity index (χ2v) is 7.01. The van der Waals surface area contributed by atoms with Crippen LogP contribution in [-0.4, -0.2) is 30.6 Å². The van der Waals surface area contributed by atoms with Crippen LogP contribution in [0.25, 0.3) is 0 Å². The highest BCUT2D eigenvalue weighted by Crippen LogP contribution is 2.32. The van der Waals surface area contributed by atoms with Crippen LogP contribution in [0, 0.1) is 11.3 Å². The van der Waals surface area contributed by atoms with Gasteiger partial charge in [0.25, 0.3) is 0 Å². The van der Waals surface area contributed by atoms with Crippen molar-refractivity contribution in [3.05, 3.63) is 35.9 Å². The Morgan fingerprint density at radius 1 is 1.23 bits per heavy atom. The van der Waals surface area contributed by atoms with Gasteiger partial charge in [-0.05, 0) is 64.6 Å². The number of hydrogen-bond donors (Lipinski definition) is 0. The van der Waals surface area contributed by atoms with Gasteiger partial charge >= 0.3 is 5.97 Å². The first-order valence-electron chi connectivity index (χ1n) is 8.45. The van der Waals surface area contributed by atoms with E-state index < -0.39 is 0 Å². The average molecular weight is 303 g/mol. The molecule has 0 saturated carbocycles. The lowest BCUT2D eigenvalue weighted by Gasteiger charge is -2.35. The molecular formula is C19H29NO2. The third-order valence-corrected chi connectivity index (χ3v) is 4.58. The molecule has 3 heteroatoms. The van der Waals surface area contributed by atoms with Crippen molar-refractivity contribution < 1.29 is 9.53 Å². The van der Waals surface area contributed by atoms with Crippen LogP contribution in [0.15, 0.2) is 30.3 Å². The van der Waals surface area contributed by atoms with Gasteiger partial charge in [0.05, 0.1) is 12.0 Å². The smallest absolute Gasteiger partial charge is 0.311 e. The standard InChI is InChI=1S/C19H29NO2/c1-4-22-18(21)19(2,3)14-16-10-12-20(13-11-16)15-17-8-6-5-7-9-17/h5-9,16H,4,10-15H2,1-3H3. The fourth-order valence-corrected chi connectivity index (χ4v) is 3.32. The maximum Gasteiger partial charge on any atom is 0.311 e. The third kappa shape index (κ3) is 4.84. The van der Waals surface area contributed by atoms with Crippen LogP contribution in [0.1, 0.15) is 45.6 Å². The SMILES string of the molecule is CCOC(=O)C(C)(C)CC1CCN(Cc2ccccc2)CC1. The monoisotopic (exact) mass is 303 g/mol. The Balaban J connectivity index is 1.78. The van der Waals surface area contributed by atoms with Crippen molar-refractivity contribution in [3.8, 4) is 0 Å². The van der Waals surface area contributed by atoms with E-state index >= 15 is 0 Å². The number of esters is 1. The van der Waals surface area contributed by atoms with Gasteiger partial charge < -0.3 is 4.74 Å². The predicted octanol–water partition coefficient (Wildman–Crippen LogP) is 3.88. The molecule has 1 saturated heterocycles. The molecule has 1 aliphatic rings. The average Bonchev–Trinajstić information content (AvgIpc) is 2.50. The molecule has 0 N–H and O–H groups in total. The Morgan fingerprint density at radius 3 is 2.45 bits per heavy atom. The van der Waals surface area contributed by atoms with Crippen molar-refractivity contribution in [2.45, 2.75) is 46.6 Å². The van der Waals surface area contributed by atoms with Crippen LogP contribution in [0.3, 0.4) is 0 Å². The van der Waals surface area contributed by atoms with E-state index in [0.717, 1.165) is 26.1 Å². The van der Waals surface area contributed by atoms with Gasteiger partial charge in [-0.25, -0.2) is 0 Å². The van der Waals surface area contributed by atoms with Gasteiger partial charge in [0.15, 0.2) is 0 Å². The Bertz CT molecular complexity index is 462. The molecule has 1 aliphatic heterocycles. The van der Waals surface area contributed by atoms with Crippen LogP contribution in [-0.2, 0) is 16.1 Å². The summed E-state index contributed by atoms with van der Waals surface area (Å²) in [5, 5.41) is 0. The number of carbonyl (C=O) groups is 1. The zero-order valence-corrected chi connectivity index (χ0v) is 14.2. The predicted molar refractivity (Wildman–Crippen MR) is 89.5 cm³/mol. The fraction of sp³-hybridized carbons (Fsp3) is 0.632. The molecule has 0 unspecified atom stereocenters. The Labute approximate surface area is 134 Å². The summed E-state index contributed by atoms with van der Waals surface area (Å²) in [6.45, 7) is 9.66. The number of nitrogens with zero attached hydrogens (tertiary/aromatic N) is 1. The first-order chi connectivity index (χ1) is 10.5. The molecular weight excluding hydrogens is 274 g/mol. The summed E-state index contributed by atoms with van der Waals surface area (Å²) in [6, 6.07) is 10.6. The van der Waals surface area contributed by atoms with Crippen molar-refractivity contribution in [1.29, 1.82) is 0 Å². The van der Waals surface area contributed by atoms with Crippen molar-refractivity contribution in [2.24, 2.45) is 11.3 Å². The summed E-state index contributed by atoms with van der Waals surface area (Å²) in [7, 11) is 0. The molecule has 2 rings (SSSR count). The number of benzene rings is 1. The largest absolute Gasteiger partial charge is 0.466 e. The highest BCUT2D eigenvalue weighted by atomic mass is 16.5. The van der Waals surface area contributed by atoms with Crippen LogP contribution in [0.5, 0.6) is 0 Å². The number of ether oxygens (including phenoxy) is 1. The van der Waals surface area contributed by atoms with E-state index in [-0.39, 0.29) is 11.4 Å². The first-order valence-corrected chi connectivity index (χ1v) is 8.45. The number of likely N-dealkylation sites (tertiary alicyclic amines) is 1. The summed E-state index contributed by atoms with van der Waals surface area (Å²) >= 11 is 0. The van der Waals surface area contributed by atoms with E-state index in [0.29, 0.717) is 12.5 Å². The second kappa shape index (κ2) is 7.77. The van der Waals surface area contributed by atoms with Gasteiger partial charge in [0.1, 0.15) is 0 Å². The highest BCUT2D eigenvalue weighted by molar-refractivity contribution is 5.75. The van der Waals surface area contributed by atoms with Crippen molar-refractivity contribution >= 4 is 5.97 Å². The molecule has 0 atom stereocenters. The Kier molecular flexibility index (Phi) is 6.01. The third-order valence-electron chi connectivity index (χ3n) is 4.58. The molecule has 22 heavy (non-hydrogen) atoms. The molecule has 0 aromatic heterocycles.